The molecule has 0 saturated carbocycles. The summed E-state index contributed by atoms with van der Waals surface area (Å²) in [6.45, 7) is 0.327. The van der Waals surface area contributed by atoms with E-state index in [0.29, 0.717) is 16.7 Å². The zero-order valence-corrected chi connectivity index (χ0v) is 14.6. The van der Waals surface area contributed by atoms with Crippen LogP contribution in [-0.2, 0) is 16.6 Å². The number of methoxy groups -OCH3 is 1. The second kappa shape index (κ2) is 6.21. The first kappa shape index (κ1) is 15.8. The predicted octanol–water partition coefficient (Wildman–Crippen LogP) is 2.72. The van der Waals surface area contributed by atoms with Gasteiger partial charge < -0.3 is 10.1 Å². The van der Waals surface area contributed by atoms with Crippen molar-refractivity contribution in [3.8, 4) is 5.75 Å². The Morgan fingerprint density at radius 3 is 2.83 bits per heavy atom. The highest BCUT2D eigenvalue weighted by Gasteiger charge is 2.26. The molecule has 0 saturated heterocycles. The van der Waals surface area contributed by atoms with Gasteiger partial charge in [0.25, 0.3) is 10.0 Å². The van der Waals surface area contributed by atoms with Gasteiger partial charge in [0.1, 0.15) is 10.6 Å². The number of anilines is 1. The van der Waals surface area contributed by atoms with E-state index in [4.69, 9.17) is 4.74 Å². The van der Waals surface area contributed by atoms with E-state index in [1.54, 1.807) is 25.3 Å². The molecule has 0 aromatic heterocycles. The number of hydrogen-bond donors (Lipinski definition) is 2. The highest BCUT2D eigenvalue weighted by atomic mass is 79.9. The number of ether oxygens (including phenoxy) is 1. The van der Waals surface area contributed by atoms with Gasteiger partial charge in [-0.2, -0.15) is 0 Å². The number of guanidine groups is 1. The molecular formula is C15H14BrN3O3S. The molecular weight excluding hydrogens is 382 g/mol. The molecule has 3 rings (SSSR count). The van der Waals surface area contributed by atoms with Crippen LogP contribution in [0.4, 0.5) is 5.69 Å². The molecule has 0 spiro atoms. The van der Waals surface area contributed by atoms with Crippen LogP contribution in [-0.4, -0.2) is 21.5 Å². The predicted molar refractivity (Wildman–Crippen MR) is 92.2 cm³/mol. The minimum atomic E-state index is -3.63. The molecule has 2 N–H and O–H groups in total. The molecule has 0 atom stereocenters. The number of nitrogens with zero attached hydrogens (tertiary/aromatic N) is 1. The third-order valence-corrected chi connectivity index (χ3v) is 5.14. The van der Waals surface area contributed by atoms with E-state index in [0.717, 1.165) is 11.3 Å². The number of hydrogen-bond acceptors (Lipinski definition) is 4. The molecule has 1 aliphatic rings. The van der Waals surface area contributed by atoms with Gasteiger partial charge >= 0.3 is 0 Å². The highest BCUT2D eigenvalue weighted by Crippen LogP contribution is 2.28. The molecule has 2 aromatic carbocycles. The first-order valence-electron chi connectivity index (χ1n) is 6.75. The maximum atomic E-state index is 12.3. The summed E-state index contributed by atoms with van der Waals surface area (Å²) < 4.78 is 32.8. The standard InChI is InChI=1S/C15H14BrN3O3S/c1-22-12-4-2-3-10(7-12)9-17-15-18-13-6-5-11(16)8-14(13)23(20,21)19-15/h2-8H,9H2,1H3,(H2,17,18,19). The molecule has 0 unspecified atom stereocenters. The molecule has 0 aliphatic carbocycles. The van der Waals surface area contributed by atoms with Crippen LogP contribution in [0.3, 0.4) is 0 Å². The van der Waals surface area contributed by atoms with Crippen LogP contribution < -0.4 is 14.8 Å². The van der Waals surface area contributed by atoms with Crippen LogP contribution >= 0.6 is 15.9 Å². The molecule has 23 heavy (non-hydrogen) atoms. The van der Waals surface area contributed by atoms with Gasteiger partial charge in [0.15, 0.2) is 0 Å². The molecule has 1 aliphatic heterocycles. The fraction of sp³-hybridized carbons (Fsp3) is 0.133. The van der Waals surface area contributed by atoms with Crippen molar-refractivity contribution in [1.29, 1.82) is 0 Å². The lowest BCUT2D eigenvalue weighted by molar-refractivity contribution is 0.414. The highest BCUT2D eigenvalue weighted by molar-refractivity contribution is 9.10. The summed E-state index contributed by atoms with van der Waals surface area (Å²) in [7, 11) is -2.03. The molecule has 0 amide bonds. The van der Waals surface area contributed by atoms with Crippen LogP contribution in [0.5, 0.6) is 5.75 Å². The van der Waals surface area contributed by atoms with Crippen molar-refractivity contribution in [3.05, 3.63) is 52.5 Å². The van der Waals surface area contributed by atoms with E-state index in [1.807, 2.05) is 24.3 Å². The molecule has 2 aromatic rings. The van der Waals surface area contributed by atoms with Crippen LogP contribution in [0.15, 0.2) is 56.8 Å². The Morgan fingerprint density at radius 2 is 2.04 bits per heavy atom. The second-order valence-corrected chi connectivity index (χ2v) is 7.45. The number of aliphatic imine (C=N–C) groups is 1. The van der Waals surface area contributed by atoms with Gasteiger partial charge in [-0.05, 0) is 35.9 Å². The average Bonchev–Trinajstić information content (AvgIpc) is 2.53. The van der Waals surface area contributed by atoms with E-state index < -0.39 is 10.0 Å². The van der Waals surface area contributed by atoms with Crippen molar-refractivity contribution in [3.63, 3.8) is 0 Å². The smallest absolute Gasteiger partial charge is 0.266 e. The minimum Gasteiger partial charge on any atom is -0.497 e. The van der Waals surface area contributed by atoms with Crippen molar-refractivity contribution in [2.24, 2.45) is 4.99 Å². The summed E-state index contributed by atoms with van der Waals surface area (Å²) in [4.78, 5) is 4.48. The molecule has 6 nitrogen and oxygen atoms in total. The van der Waals surface area contributed by atoms with Crippen LogP contribution in [0.25, 0.3) is 0 Å². The third kappa shape index (κ3) is 3.48. The van der Waals surface area contributed by atoms with Gasteiger partial charge in [-0.15, -0.1) is 0 Å². The Labute approximate surface area is 142 Å². The molecule has 8 heteroatoms. The van der Waals surface area contributed by atoms with Gasteiger partial charge in [0.05, 0.1) is 19.3 Å². The fourth-order valence-electron chi connectivity index (χ4n) is 2.17. The summed E-state index contributed by atoms with van der Waals surface area (Å²) >= 11 is 3.27. The van der Waals surface area contributed by atoms with Crippen molar-refractivity contribution in [1.82, 2.24) is 4.72 Å². The Bertz CT molecular complexity index is 881. The maximum Gasteiger partial charge on any atom is 0.266 e. The van der Waals surface area contributed by atoms with Crippen LogP contribution in [0, 0.1) is 0 Å². The van der Waals surface area contributed by atoms with Crippen molar-refractivity contribution >= 4 is 37.6 Å². The summed E-state index contributed by atoms with van der Waals surface area (Å²) in [5.74, 6) is 0.928. The SMILES string of the molecule is COc1cccc(CN=C2Nc3ccc(Br)cc3S(=O)(=O)N2)c1. The van der Waals surface area contributed by atoms with E-state index >= 15 is 0 Å². The van der Waals surface area contributed by atoms with Gasteiger partial charge in [0.2, 0.25) is 5.96 Å². The number of nitrogens with one attached hydrogen (secondary N) is 2. The molecule has 0 fully saturated rings. The maximum absolute atomic E-state index is 12.3. The lowest BCUT2D eigenvalue weighted by Gasteiger charge is -2.21. The number of halogens is 1. The number of rotatable bonds is 3. The van der Waals surface area contributed by atoms with Gasteiger partial charge in [-0.3, -0.25) is 0 Å². The summed E-state index contributed by atoms with van der Waals surface area (Å²) in [5, 5.41) is 2.99. The average molecular weight is 396 g/mol. The number of fused-ring (bicyclic) bond motifs is 1. The van der Waals surface area contributed by atoms with Crippen LogP contribution in [0.2, 0.25) is 0 Å². The molecule has 120 valence electrons. The zero-order chi connectivity index (χ0) is 16.4. The summed E-state index contributed by atoms with van der Waals surface area (Å²) in [6.07, 6.45) is 0. The minimum absolute atomic E-state index is 0.187. The molecule has 0 bridgehead atoms. The number of sulfonamides is 1. The van der Waals surface area contributed by atoms with E-state index in [1.165, 1.54) is 0 Å². The van der Waals surface area contributed by atoms with Gasteiger partial charge in [-0.25, -0.2) is 18.1 Å². The van der Waals surface area contributed by atoms with Crippen molar-refractivity contribution in [2.45, 2.75) is 11.4 Å². The first-order chi connectivity index (χ1) is 11.0. The topological polar surface area (TPSA) is 79.8 Å². The van der Waals surface area contributed by atoms with Crippen molar-refractivity contribution in [2.75, 3.05) is 12.4 Å². The van der Waals surface area contributed by atoms with Gasteiger partial charge in [-0.1, -0.05) is 28.1 Å². The normalized spacial score (nSPS) is 17.0. The van der Waals surface area contributed by atoms with E-state index in [-0.39, 0.29) is 10.9 Å². The Morgan fingerprint density at radius 1 is 1.22 bits per heavy atom. The van der Waals surface area contributed by atoms with Gasteiger partial charge in [0, 0.05) is 4.47 Å². The van der Waals surface area contributed by atoms with E-state index in [9.17, 15) is 8.42 Å². The monoisotopic (exact) mass is 395 g/mol. The van der Waals surface area contributed by atoms with Crippen LogP contribution in [0.1, 0.15) is 5.56 Å². The molecule has 1 heterocycles. The zero-order valence-electron chi connectivity index (χ0n) is 12.2. The summed E-state index contributed by atoms with van der Waals surface area (Å²) in [6, 6.07) is 12.5. The largest absolute Gasteiger partial charge is 0.497 e. The third-order valence-electron chi connectivity index (χ3n) is 3.27. The Balaban J connectivity index is 1.86. The Hall–Kier alpha value is -2.06. The first-order valence-corrected chi connectivity index (χ1v) is 9.02. The lowest BCUT2D eigenvalue weighted by atomic mass is 10.2. The quantitative estimate of drug-likeness (QED) is 0.836. The Kier molecular flexibility index (Phi) is 4.27. The fourth-order valence-corrected chi connectivity index (χ4v) is 3.85. The second-order valence-electron chi connectivity index (χ2n) is 4.89. The number of benzene rings is 2. The van der Waals surface area contributed by atoms with Crippen molar-refractivity contribution < 1.29 is 13.2 Å². The lowest BCUT2D eigenvalue weighted by Crippen LogP contribution is -2.40. The summed E-state index contributed by atoms with van der Waals surface area (Å²) in [5.41, 5.74) is 1.41. The molecule has 0 radical (unpaired) electrons. The van der Waals surface area contributed by atoms with E-state index in [2.05, 4.69) is 31.0 Å².